The molecule has 3 unspecified atom stereocenters. The maximum absolute atomic E-state index is 6.17. The van der Waals surface area contributed by atoms with Crippen molar-refractivity contribution in [3.8, 4) is 11.5 Å². The molecule has 0 radical (unpaired) electrons. The zero-order valence-corrected chi connectivity index (χ0v) is 11.3. The van der Waals surface area contributed by atoms with Crippen molar-refractivity contribution in [1.29, 1.82) is 0 Å². The van der Waals surface area contributed by atoms with E-state index in [9.17, 15) is 0 Å². The van der Waals surface area contributed by atoms with Crippen LogP contribution in [0.3, 0.4) is 0 Å². The molecule has 2 N–H and O–H groups in total. The second kappa shape index (κ2) is 6.10. The lowest BCUT2D eigenvalue weighted by atomic mass is 9.83. The number of methoxy groups -OCH3 is 1. The fourth-order valence-electron chi connectivity index (χ4n) is 2.62. The van der Waals surface area contributed by atoms with Gasteiger partial charge in [-0.25, -0.2) is 0 Å². The molecular formula is C15H23NO2. The van der Waals surface area contributed by atoms with E-state index in [1.807, 2.05) is 24.3 Å². The highest BCUT2D eigenvalue weighted by atomic mass is 16.5. The van der Waals surface area contributed by atoms with Gasteiger partial charge in [-0.15, -0.1) is 0 Å². The first-order valence-corrected chi connectivity index (χ1v) is 6.79. The van der Waals surface area contributed by atoms with Gasteiger partial charge in [0.15, 0.2) is 11.5 Å². The fraction of sp³-hybridized carbons (Fsp3) is 0.600. The van der Waals surface area contributed by atoms with Gasteiger partial charge in [0.1, 0.15) is 6.10 Å². The Morgan fingerprint density at radius 2 is 1.94 bits per heavy atom. The first-order valence-electron chi connectivity index (χ1n) is 6.79. The minimum Gasteiger partial charge on any atom is -0.493 e. The van der Waals surface area contributed by atoms with Gasteiger partial charge in [0.05, 0.1) is 7.11 Å². The zero-order chi connectivity index (χ0) is 13.0. The summed E-state index contributed by atoms with van der Waals surface area (Å²) < 4.78 is 11.4. The summed E-state index contributed by atoms with van der Waals surface area (Å²) in [6.07, 6.45) is 4.65. The Labute approximate surface area is 109 Å². The summed E-state index contributed by atoms with van der Waals surface area (Å²) in [5.74, 6) is 2.32. The first-order chi connectivity index (χ1) is 8.74. The van der Waals surface area contributed by atoms with Crippen LogP contribution in [0, 0.1) is 5.92 Å². The van der Waals surface area contributed by atoms with Crippen LogP contribution in [0.5, 0.6) is 11.5 Å². The molecule has 1 aliphatic carbocycles. The smallest absolute Gasteiger partial charge is 0.161 e. The molecule has 0 spiro atoms. The molecule has 0 amide bonds. The monoisotopic (exact) mass is 249 g/mol. The van der Waals surface area contributed by atoms with Crippen molar-refractivity contribution in [3.05, 3.63) is 24.3 Å². The van der Waals surface area contributed by atoms with Crippen LogP contribution in [0.4, 0.5) is 0 Å². The Morgan fingerprint density at radius 1 is 1.22 bits per heavy atom. The lowest BCUT2D eigenvalue weighted by molar-refractivity contribution is 0.0980. The molecule has 1 aromatic rings. The zero-order valence-electron chi connectivity index (χ0n) is 11.3. The van der Waals surface area contributed by atoms with E-state index in [0.717, 1.165) is 30.3 Å². The molecule has 0 saturated heterocycles. The number of hydrogen-bond donors (Lipinski definition) is 1. The van der Waals surface area contributed by atoms with Gasteiger partial charge in [-0.05, 0) is 37.3 Å². The van der Waals surface area contributed by atoms with Crippen LogP contribution in [0.1, 0.15) is 32.6 Å². The van der Waals surface area contributed by atoms with Crippen molar-refractivity contribution < 1.29 is 9.47 Å². The van der Waals surface area contributed by atoms with Gasteiger partial charge < -0.3 is 15.2 Å². The van der Waals surface area contributed by atoms with Gasteiger partial charge in [-0.3, -0.25) is 0 Å². The average Bonchev–Trinajstić information content (AvgIpc) is 2.42. The first kappa shape index (κ1) is 13.2. The molecule has 100 valence electrons. The molecule has 18 heavy (non-hydrogen) atoms. The summed E-state index contributed by atoms with van der Waals surface area (Å²) in [6, 6.07) is 7.91. The topological polar surface area (TPSA) is 44.5 Å². The molecule has 1 aromatic carbocycles. The van der Waals surface area contributed by atoms with Crippen molar-refractivity contribution in [2.45, 2.75) is 44.8 Å². The van der Waals surface area contributed by atoms with Crippen LogP contribution >= 0.6 is 0 Å². The van der Waals surface area contributed by atoms with E-state index >= 15 is 0 Å². The summed E-state index contributed by atoms with van der Waals surface area (Å²) in [6.45, 7) is 2.24. The molecule has 3 heteroatoms. The largest absolute Gasteiger partial charge is 0.493 e. The van der Waals surface area contributed by atoms with Gasteiger partial charge >= 0.3 is 0 Å². The van der Waals surface area contributed by atoms with Crippen molar-refractivity contribution in [3.63, 3.8) is 0 Å². The minimum absolute atomic E-state index is 0.111. The number of hydrogen-bond acceptors (Lipinski definition) is 3. The summed E-state index contributed by atoms with van der Waals surface area (Å²) in [4.78, 5) is 0. The minimum atomic E-state index is 0.111. The van der Waals surface area contributed by atoms with Crippen LogP contribution < -0.4 is 15.2 Å². The van der Waals surface area contributed by atoms with Crippen molar-refractivity contribution in [2.24, 2.45) is 11.7 Å². The van der Waals surface area contributed by atoms with Gasteiger partial charge in [-0.2, -0.15) is 0 Å². The molecule has 0 aliphatic heterocycles. The lowest BCUT2D eigenvalue weighted by Gasteiger charge is -2.34. The van der Waals surface area contributed by atoms with E-state index in [-0.39, 0.29) is 12.1 Å². The predicted molar refractivity (Wildman–Crippen MR) is 73.0 cm³/mol. The molecular weight excluding hydrogens is 226 g/mol. The number of ether oxygens (including phenoxy) is 2. The molecule has 0 bridgehead atoms. The number of para-hydroxylation sites is 2. The number of nitrogens with two attached hydrogens (primary N) is 1. The van der Waals surface area contributed by atoms with E-state index < -0.39 is 0 Å². The van der Waals surface area contributed by atoms with Crippen LogP contribution in [0.2, 0.25) is 0 Å². The number of benzene rings is 1. The van der Waals surface area contributed by atoms with E-state index in [2.05, 4.69) is 6.92 Å². The molecule has 3 nitrogen and oxygen atoms in total. The lowest BCUT2D eigenvalue weighted by Crippen LogP contribution is -2.43. The fourth-order valence-corrected chi connectivity index (χ4v) is 2.62. The third kappa shape index (κ3) is 2.96. The van der Waals surface area contributed by atoms with Gasteiger partial charge in [0, 0.05) is 6.04 Å². The van der Waals surface area contributed by atoms with Crippen molar-refractivity contribution >= 4 is 0 Å². The standard InChI is InChI=1S/C15H23NO2/c1-3-11-8-9-12(16)15(10-11)18-14-7-5-4-6-13(14)17-2/h4-7,11-12,15H,3,8-10,16H2,1-2H3. The summed E-state index contributed by atoms with van der Waals surface area (Å²) in [7, 11) is 1.66. The highest BCUT2D eigenvalue weighted by Gasteiger charge is 2.29. The molecule has 2 rings (SSSR count). The molecule has 3 atom stereocenters. The van der Waals surface area contributed by atoms with E-state index in [1.165, 1.54) is 12.8 Å². The van der Waals surface area contributed by atoms with Crippen LogP contribution in [-0.4, -0.2) is 19.3 Å². The Bertz CT molecular complexity index is 381. The molecule has 1 saturated carbocycles. The van der Waals surface area contributed by atoms with Crippen molar-refractivity contribution in [1.82, 2.24) is 0 Å². The molecule has 0 aromatic heterocycles. The van der Waals surface area contributed by atoms with E-state index in [0.29, 0.717) is 0 Å². The molecule has 0 heterocycles. The maximum atomic E-state index is 6.17. The Morgan fingerprint density at radius 3 is 2.61 bits per heavy atom. The average molecular weight is 249 g/mol. The summed E-state index contributed by atoms with van der Waals surface area (Å²) in [5.41, 5.74) is 6.17. The molecule has 1 fully saturated rings. The van der Waals surface area contributed by atoms with E-state index in [4.69, 9.17) is 15.2 Å². The Kier molecular flexibility index (Phi) is 4.48. The third-order valence-corrected chi connectivity index (χ3v) is 3.88. The highest BCUT2D eigenvalue weighted by molar-refractivity contribution is 5.39. The number of rotatable bonds is 4. The van der Waals surface area contributed by atoms with Crippen LogP contribution in [-0.2, 0) is 0 Å². The van der Waals surface area contributed by atoms with Gasteiger partial charge in [-0.1, -0.05) is 25.5 Å². The van der Waals surface area contributed by atoms with Gasteiger partial charge in [0.25, 0.3) is 0 Å². The van der Waals surface area contributed by atoms with Crippen LogP contribution in [0.25, 0.3) is 0 Å². The maximum Gasteiger partial charge on any atom is 0.161 e. The Balaban J connectivity index is 2.07. The second-order valence-electron chi connectivity index (χ2n) is 5.06. The quantitative estimate of drug-likeness (QED) is 0.892. The van der Waals surface area contributed by atoms with E-state index in [1.54, 1.807) is 7.11 Å². The summed E-state index contributed by atoms with van der Waals surface area (Å²) in [5, 5.41) is 0. The van der Waals surface area contributed by atoms with Crippen molar-refractivity contribution in [2.75, 3.05) is 7.11 Å². The second-order valence-corrected chi connectivity index (χ2v) is 5.06. The third-order valence-electron chi connectivity index (χ3n) is 3.88. The Hall–Kier alpha value is -1.22. The summed E-state index contributed by atoms with van der Waals surface area (Å²) >= 11 is 0. The molecule has 1 aliphatic rings. The van der Waals surface area contributed by atoms with Crippen LogP contribution in [0.15, 0.2) is 24.3 Å². The predicted octanol–water partition coefficient (Wildman–Crippen LogP) is 2.98. The van der Waals surface area contributed by atoms with Gasteiger partial charge in [0.2, 0.25) is 0 Å². The SMILES string of the molecule is CCC1CCC(N)C(Oc2ccccc2OC)C1. The normalized spacial score (nSPS) is 27.8. The highest BCUT2D eigenvalue weighted by Crippen LogP contribution is 2.32.